The van der Waals surface area contributed by atoms with Crippen molar-refractivity contribution in [2.24, 2.45) is 0 Å². The molecule has 0 saturated carbocycles. The van der Waals surface area contributed by atoms with E-state index in [2.05, 4.69) is 9.80 Å². The molecule has 0 amide bonds. The van der Waals surface area contributed by atoms with Crippen molar-refractivity contribution in [1.29, 1.82) is 0 Å². The van der Waals surface area contributed by atoms with Crippen LogP contribution >= 0.6 is 11.6 Å². The molecule has 2 aliphatic rings. The van der Waals surface area contributed by atoms with Gasteiger partial charge in [-0.15, -0.1) is 0 Å². The summed E-state index contributed by atoms with van der Waals surface area (Å²) in [7, 11) is 0. The Morgan fingerprint density at radius 1 is 1.00 bits per heavy atom. The topological polar surface area (TPSA) is 15.7 Å². The molecule has 4 heteroatoms. The number of benzene rings is 1. The average Bonchev–Trinajstić information content (AvgIpc) is 2.98. The Hall–Kier alpha value is -0.770. The van der Waals surface area contributed by atoms with Crippen LogP contribution in [0.15, 0.2) is 24.3 Å². The van der Waals surface area contributed by atoms with Gasteiger partial charge in [0.05, 0.1) is 0 Å². The van der Waals surface area contributed by atoms with Crippen molar-refractivity contribution < 1.29 is 4.74 Å². The molecule has 2 aliphatic heterocycles. The van der Waals surface area contributed by atoms with Gasteiger partial charge in [0, 0.05) is 24.2 Å². The van der Waals surface area contributed by atoms with Crippen LogP contribution in [0.1, 0.15) is 32.1 Å². The summed E-state index contributed by atoms with van der Waals surface area (Å²) < 4.78 is 5.85. The lowest BCUT2D eigenvalue weighted by Crippen LogP contribution is -2.43. The minimum atomic E-state index is 0.729. The fourth-order valence-corrected chi connectivity index (χ4v) is 3.77. The van der Waals surface area contributed by atoms with E-state index >= 15 is 0 Å². The predicted molar refractivity (Wildman–Crippen MR) is 91.8 cm³/mol. The second kappa shape index (κ2) is 8.19. The van der Waals surface area contributed by atoms with Crippen molar-refractivity contribution in [3.63, 3.8) is 0 Å². The summed E-state index contributed by atoms with van der Waals surface area (Å²) in [5.41, 5.74) is 0. The van der Waals surface area contributed by atoms with Gasteiger partial charge in [0.2, 0.25) is 0 Å². The van der Waals surface area contributed by atoms with Gasteiger partial charge in [-0.2, -0.15) is 0 Å². The number of rotatable bonds is 6. The van der Waals surface area contributed by atoms with Crippen LogP contribution in [0.4, 0.5) is 0 Å². The third-order valence-electron chi connectivity index (χ3n) is 4.88. The Bertz CT molecular complexity index is 445. The minimum absolute atomic E-state index is 0.729. The molecule has 0 N–H and O–H groups in total. The van der Waals surface area contributed by atoms with Crippen LogP contribution in [0.3, 0.4) is 0 Å². The van der Waals surface area contributed by atoms with Crippen LogP contribution in [-0.2, 0) is 0 Å². The lowest BCUT2D eigenvalue weighted by molar-refractivity contribution is 0.138. The van der Waals surface area contributed by atoms with Crippen molar-refractivity contribution >= 4 is 11.6 Å². The summed E-state index contributed by atoms with van der Waals surface area (Å²) in [4.78, 5) is 5.27. The quantitative estimate of drug-likeness (QED) is 0.794. The van der Waals surface area contributed by atoms with Crippen LogP contribution in [0.2, 0.25) is 5.02 Å². The molecule has 2 heterocycles. The predicted octanol–water partition coefficient (Wildman–Crippen LogP) is 3.67. The summed E-state index contributed by atoms with van der Waals surface area (Å²) in [6.45, 7) is 6.86. The smallest absolute Gasteiger partial charge is 0.119 e. The maximum Gasteiger partial charge on any atom is 0.119 e. The number of nitrogens with zero attached hydrogens (tertiary/aromatic N) is 2. The second-order valence-electron chi connectivity index (χ2n) is 6.50. The van der Waals surface area contributed by atoms with Gasteiger partial charge in [-0.25, -0.2) is 0 Å². The molecule has 1 atom stereocenters. The first-order chi connectivity index (χ1) is 10.8. The molecule has 0 aromatic heterocycles. The Labute approximate surface area is 139 Å². The largest absolute Gasteiger partial charge is 0.492 e. The van der Waals surface area contributed by atoms with E-state index in [9.17, 15) is 0 Å². The highest BCUT2D eigenvalue weighted by Crippen LogP contribution is 2.20. The third-order valence-corrected chi connectivity index (χ3v) is 5.13. The molecule has 22 heavy (non-hydrogen) atoms. The molecule has 0 radical (unpaired) electrons. The molecule has 122 valence electrons. The molecule has 0 bridgehead atoms. The summed E-state index contributed by atoms with van der Waals surface area (Å²) >= 11 is 5.89. The fourth-order valence-electron chi connectivity index (χ4n) is 3.65. The van der Waals surface area contributed by atoms with Crippen LogP contribution in [-0.4, -0.2) is 55.2 Å². The van der Waals surface area contributed by atoms with Gasteiger partial charge in [-0.05, 0) is 69.6 Å². The van der Waals surface area contributed by atoms with E-state index in [4.69, 9.17) is 16.3 Å². The highest BCUT2D eigenvalue weighted by molar-refractivity contribution is 6.30. The number of halogens is 1. The molecule has 0 aliphatic carbocycles. The maximum atomic E-state index is 5.89. The van der Waals surface area contributed by atoms with E-state index in [1.54, 1.807) is 0 Å². The van der Waals surface area contributed by atoms with Crippen LogP contribution in [0.5, 0.6) is 5.75 Å². The van der Waals surface area contributed by atoms with Crippen LogP contribution in [0.25, 0.3) is 0 Å². The van der Waals surface area contributed by atoms with Crippen molar-refractivity contribution in [2.75, 3.05) is 39.3 Å². The monoisotopic (exact) mass is 322 g/mol. The fraction of sp³-hybridized carbons (Fsp3) is 0.667. The summed E-state index contributed by atoms with van der Waals surface area (Å²) in [6, 6.07) is 8.37. The highest BCUT2D eigenvalue weighted by atomic mass is 35.5. The van der Waals surface area contributed by atoms with E-state index in [1.807, 2.05) is 24.3 Å². The molecule has 3 nitrogen and oxygen atoms in total. The number of hydrogen-bond acceptors (Lipinski definition) is 3. The zero-order chi connectivity index (χ0) is 15.2. The number of hydrogen-bond donors (Lipinski definition) is 0. The Morgan fingerprint density at radius 3 is 2.55 bits per heavy atom. The van der Waals surface area contributed by atoms with Crippen molar-refractivity contribution in [2.45, 2.75) is 38.1 Å². The standard InChI is InChI=1S/C18H27ClN2O/c19-16-6-8-18(9-7-16)22-14-13-21-12-4-5-17(21)15-20-10-2-1-3-11-20/h6-9,17H,1-5,10-15H2. The van der Waals surface area contributed by atoms with Gasteiger partial charge in [0.1, 0.15) is 12.4 Å². The van der Waals surface area contributed by atoms with E-state index < -0.39 is 0 Å². The number of ether oxygens (including phenoxy) is 1. The van der Waals surface area contributed by atoms with Gasteiger partial charge in [-0.1, -0.05) is 18.0 Å². The van der Waals surface area contributed by atoms with Crippen molar-refractivity contribution in [3.05, 3.63) is 29.3 Å². The molecule has 0 spiro atoms. The third kappa shape index (κ3) is 4.61. The molecule has 2 saturated heterocycles. The maximum absolute atomic E-state index is 5.89. The lowest BCUT2D eigenvalue weighted by atomic mass is 10.1. The van der Waals surface area contributed by atoms with Crippen molar-refractivity contribution in [1.82, 2.24) is 9.80 Å². The SMILES string of the molecule is Clc1ccc(OCCN2CCCC2CN2CCCCC2)cc1. The first-order valence-corrected chi connectivity index (χ1v) is 9.04. The van der Waals surface area contributed by atoms with Crippen LogP contribution in [0, 0.1) is 0 Å². The normalized spacial score (nSPS) is 23.8. The molecule has 1 aromatic carbocycles. The van der Waals surface area contributed by atoms with Crippen molar-refractivity contribution in [3.8, 4) is 5.75 Å². The zero-order valence-electron chi connectivity index (χ0n) is 13.3. The summed E-state index contributed by atoms with van der Waals surface area (Å²) in [6.07, 6.45) is 6.86. The van der Waals surface area contributed by atoms with Gasteiger partial charge in [0.25, 0.3) is 0 Å². The van der Waals surface area contributed by atoms with Crippen LogP contribution < -0.4 is 4.74 Å². The van der Waals surface area contributed by atoms with E-state index in [0.29, 0.717) is 0 Å². The number of piperidine rings is 1. The number of likely N-dealkylation sites (tertiary alicyclic amines) is 2. The molecule has 3 rings (SSSR count). The van der Waals surface area contributed by atoms with E-state index in [0.717, 1.165) is 30.0 Å². The molecule has 1 unspecified atom stereocenters. The van der Waals surface area contributed by atoms with Gasteiger partial charge in [-0.3, -0.25) is 4.90 Å². The highest BCUT2D eigenvalue weighted by Gasteiger charge is 2.26. The Balaban J connectivity index is 1.41. The van der Waals surface area contributed by atoms with E-state index in [-0.39, 0.29) is 0 Å². The first kappa shape index (κ1) is 16.1. The van der Waals surface area contributed by atoms with Gasteiger partial charge >= 0.3 is 0 Å². The van der Waals surface area contributed by atoms with Gasteiger partial charge in [0.15, 0.2) is 0 Å². The minimum Gasteiger partial charge on any atom is -0.492 e. The lowest BCUT2D eigenvalue weighted by Gasteiger charge is -2.32. The zero-order valence-corrected chi connectivity index (χ0v) is 14.1. The molecular weight excluding hydrogens is 296 g/mol. The Kier molecular flexibility index (Phi) is 5.99. The molecular formula is C18H27ClN2O. The van der Waals surface area contributed by atoms with Gasteiger partial charge < -0.3 is 9.64 Å². The van der Waals surface area contributed by atoms with E-state index in [1.165, 1.54) is 58.3 Å². The summed E-state index contributed by atoms with van der Waals surface area (Å²) in [5, 5.41) is 0.758. The summed E-state index contributed by atoms with van der Waals surface area (Å²) in [5.74, 6) is 0.913. The molecule has 1 aromatic rings. The molecule has 2 fully saturated rings. The first-order valence-electron chi connectivity index (χ1n) is 8.66. The Morgan fingerprint density at radius 2 is 1.77 bits per heavy atom. The second-order valence-corrected chi connectivity index (χ2v) is 6.93. The average molecular weight is 323 g/mol.